The van der Waals surface area contributed by atoms with E-state index < -0.39 is 22.6 Å². The Labute approximate surface area is 172 Å². The van der Waals surface area contributed by atoms with Gasteiger partial charge >= 0.3 is 5.97 Å². The minimum Gasteiger partial charge on any atom is -0.466 e. The van der Waals surface area contributed by atoms with Crippen LogP contribution in [-0.2, 0) is 19.1 Å². The lowest BCUT2D eigenvalue weighted by atomic mass is 9.71. The highest BCUT2D eigenvalue weighted by molar-refractivity contribution is 9.09. The van der Waals surface area contributed by atoms with E-state index in [9.17, 15) is 19.5 Å². The van der Waals surface area contributed by atoms with Crippen LogP contribution < -0.4 is 5.32 Å². The quantitative estimate of drug-likeness (QED) is 0.431. The van der Waals surface area contributed by atoms with E-state index in [2.05, 4.69) is 21.2 Å². The third-order valence-corrected chi connectivity index (χ3v) is 8.80. The Bertz CT molecular complexity index is 633. The Kier molecular flexibility index (Phi) is 6.13. The molecule has 3 saturated heterocycles. The molecule has 1 spiro atoms. The minimum atomic E-state index is -0.640. The average Bonchev–Trinajstić information content (AvgIpc) is 3.16. The maximum absolute atomic E-state index is 13.3. The first kappa shape index (κ1) is 20.9. The van der Waals surface area contributed by atoms with Gasteiger partial charge in [-0.05, 0) is 33.6 Å². The number of nitrogens with zero attached hydrogens (tertiary/aromatic N) is 1. The number of aliphatic hydroxyl groups is 1. The van der Waals surface area contributed by atoms with Gasteiger partial charge in [0.15, 0.2) is 0 Å². The molecular formula is C18H27BrN2O5S. The van der Waals surface area contributed by atoms with E-state index in [-0.39, 0.29) is 47.1 Å². The van der Waals surface area contributed by atoms with Gasteiger partial charge in [0, 0.05) is 29.3 Å². The fraction of sp³-hybridized carbons (Fsp3) is 0.833. The third kappa shape index (κ3) is 3.29. The number of rotatable bonds is 7. The molecule has 3 rings (SSSR count). The number of amides is 2. The summed E-state index contributed by atoms with van der Waals surface area (Å²) in [4.78, 5) is 40.7. The van der Waals surface area contributed by atoms with Crippen molar-refractivity contribution < 1.29 is 24.2 Å². The molecule has 0 aliphatic carbocycles. The van der Waals surface area contributed by atoms with Crippen molar-refractivity contribution in [2.45, 2.75) is 60.5 Å². The predicted molar refractivity (Wildman–Crippen MR) is 106 cm³/mol. The second-order valence-electron chi connectivity index (χ2n) is 7.69. The van der Waals surface area contributed by atoms with Crippen LogP contribution in [0.1, 0.15) is 33.6 Å². The molecule has 0 aromatic heterocycles. The molecule has 0 saturated carbocycles. The zero-order chi connectivity index (χ0) is 19.9. The topological polar surface area (TPSA) is 95.9 Å². The van der Waals surface area contributed by atoms with Crippen molar-refractivity contribution in [3.05, 3.63) is 0 Å². The van der Waals surface area contributed by atoms with Crippen molar-refractivity contribution in [2.24, 2.45) is 11.8 Å². The highest BCUT2D eigenvalue weighted by Crippen LogP contribution is 2.67. The van der Waals surface area contributed by atoms with E-state index in [1.165, 1.54) is 0 Å². The van der Waals surface area contributed by atoms with Crippen LogP contribution in [0, 0.1) is 11.8 Å². The molecule has 3 aliphatic rings. The second kappa shape index (κ2) is 7.91. The number of esters is 1. The molecule has 152 valence electrons. The van der Waals surface area contributed by atoms with Crippen LogP contribution in [0.2, 0.25) is 0 Å². The molecule has 0 aromatic carbocycles. The lowest BCUT2D eigenvalue weighted by molar-refractivity contribution is -0.153. The van der Waals surface area contributed by atoms with Crippen LogP contribution in [0.4, 0.5) is 0 Å². The Morgan fingerprint density at radius 1 is 1.48 bits per heavy atom. The Hall–Kier alpha value is -0.800. The van der Waals surface area contributed by atoms with Crippen LogP contribution in [0.15, 0.2) is 0 Å². The molecule has 3 fully saturated rings. The number of hydrogen-bond donors (Lipinski definition) is 2. The summed E-state index contributed by atoms with van der Waals surface area (Å²) in [5, 5.41) is 12.1. The number of hydrogen-bond acceptors (Lipinski definition) is 6. The van der Waals surface area contributed by atoms with Crippen molar-refractivity contribution in [1.82, 2.24) is 10.2 Å². The molecule has 9 heteroatoms. The van der Waals surface area contributed by atoms with Crippen molar-refractivity contribution in [3.63, 3.8) is 0 Å². The van der Waals surface area contributed by atoms with Crippen LogP contribution in [0.5, 0.6) is 0 Å². The summed E-state index contributed by atoms with van der Waals surface area (Å²) in [6.07, 6.45) is 1.05. The number of halogens is 1. The number of fused-ring (bicyclic) bond motifs is 1. The molecule has 2 N–H and O–H groups in total. The van der Waals surface area contributed by atoms with E-state index >= 15 is 0 Å². The summed E-state index contributed by atoms with van der Waals surface area (Å²) in [7, 11) is 0. The second-order valence-corrected chi connectivity index (χ2v) is 10.4. The molecule has 3 unspecified atom stereocenters. The molecular weight excluding hydrogens is 436 g/mol. The van der Waals surface area contributed by atoms with Crippen molar-refractivity contribution >= 4 is 45.5 Å². The number of likely N-dealkylation sites (tertiary alicyclic amines) is 1. The summed E-state index contributed by atoms with van der Waals surface area (Å²) in [6, 6.07) is -0.689. The first-order chi connectivity index (χ1) is 12.8. The van der Waals surface area contributed by atoms with Gasteiger partial charge in [0.1, 0.15) is 6.04 Å². The van der Waals surface area contributed by atoms with Gasteiger partial charge in [0.25, 0.3) is 0 Å². The molecule has 27 heavy (non-hydrogen) atoms. The number of nitrogens with one attached hydrogen (secondary N) is 1. The van der Waals surface area contributed by atoms with Gasteiger partial charge in [-0.1, -0.05) is 15.9 Å². The number of aliphatic hydroxyl groups excluding tert-OH is 1. The lowest BCUT2D eigenvalue weighted by Crippen LogP contribution is -2.55. The molecule has 2 amide bonds. The van der Waals surface area contributed by atoms with E-state index in [4.69, 9.17) is 4.74 Å². The predicted octanol–water partition coefficient (Wildman–Crippen LogP) is 0.921. The highest BCUT2D eigenvalue weighted by Gasteiger charge is 2.75. The van der Waals surface area contributed by atoms with Gasteiger partial charge in [-0.2, -0.15) is 0 Å². The number of carbonyl (C=O) groups excluding carboxylic acids is 3. The Morgan fingerprint density at radius 2 is 2.19 bits per heavy atom. The minimum absolute atomic E-state index is 0.0491. The monoisotopic (exact) mass is 462 g/mol. The summed E-state index contributed by atoms with van der Waals surface area (Å²) in [5.41, 5.74) is 0. The normalized spacial score (nSPS) is 37.0. The van der Waals surface area contributed by atoms with Gasteiger partial charge in [-0.25, -0.2) is 0 Å². The van der Waals surface area contributed by atoms with Gasteiger partial charge in [-0.15, -0.1) is 11.8 Å². The fourth-order valence-electron chi connectivity index (χ4n) is 4.78. The molecule has 7 nitrogen and oxygen atoms in total. The van der Waals surface area contributed by atoms with E-state index in [1.54, 1.807) is 23.6 Å². The molecule has 3 aliphatic heterocycles. The van der Waals surface area contributed by atoms with Crippen LogP contribution >= 0.6 is 27.7 Å². The summed E-state index contributed by atoms with van der Waals surface area (Å²) >= 11 is 5.27. The molecule has 0 aromatic rings. The first-order valence-corrected chi connectivity index (χ1v) is 11.3. The molecule has 0 radical (unpaired) electrons. The number of alkyl halides is 1. The zero-order valence-corrected chi connectivity index (χ0v) is 18.2. The largest absolute Gasteiger partial charge is 0.466 e. The molecule has 6 atom stereocenters. The highest BCUT2D eigenvalue weighted by atomic mass is 79.9. The van der Waals surface area contributed by atoms with Crippen LogP contribution in [0.25, 0.3) is 0 Å². The van der Waals surface area contributed by atoms with Gasteiger partial charge in [-0.3, -0.25) is 14.4 Å². The number of carbonyl (C=O) groups is 3. The zero-order valence-electron chi connectivity index (χ0n) is 15.8. The van der Waals surface area contributed by atoms with Gasteiger partial charge in [0.2, 0.25) is 11.8 Å². The first-order valence-electron chi connectivity index (χ1n) is 9.48. The maximum Gasteiger partial charge on any atom is 0.310 e. The van der Waals surface area contributed by atoms with Crippen LogP contribution in [0.3, 0.4) is 0 Å². The van der Waals surface area contributed by atoms with E-state index in [0.717, 1.165) is 0 Å². The van der Waals surface area contributed by atoms with Crippen molar-refractivity contribution in [2.75, 3.05) is 19.8 Å². The van der Waals surface area contributed by atoms with Crippen LogP contribution in [-0.4, -0.2) is 74.5 Å². The number of thioether (sulfide) groups is 1. The van der Waals surface area contributed by atoms with E-state index in [0.29, 0.717) is 19.4 Å². The third-order valence-electron chi connectivity index (χ3n) is 5.58. The van der Waals surface area contributed by atoms with Gasteiger partial charge < -0.3 is 20.1 Å². The lowest BCUT2D eigenvalue weighted by Gasteiger charge is -2.35. The summed E-state index contributed by atoms with van der Waals surface area (Å²) in [5.74, 6) is -1.81. The SMILES string of the molecule is CCOC(=O)[C@H]1[C@@H]2SC3(CC2Br)C(C(=O)NC(C)C)N(CCCO)C(=O)[C@H]13. The Balaban J connectivity index is 2.00. The van der Waals surface area contributed by atoms with Gasteiger partial charge in [0.05, 0.1) is 23.2 Å². The molecule has 2 bridgehead atoms. The Morgan fingerprint density at radius 3 is 2.78 bits per heavy atom. The standard InChI is InChI=1S/C18H27BrN2O5S/c1-4-26-17(25)11-12-16(24)21(6-5-7-22)14(15(23)20-9(2)3)18(12)8-10(19)13(11)27-18/h9-14,22H,4-8H2,1-3H3,(H,20,23)/t10?,11-,12+,13-,14?,18?/m1/s1. The average molecular weight is 463 g/mol. The molecule has 3 heterocycles. The summed E-state index contributed by atoms with van der Waals surface area (Å²) < 4.78 is 4.64. The van der Waals surface area contributed by atoms with Crippen molar-refractivity contribution in [3.8, 4) is 0 Å². The fourth-order valence-corrected chi connectivity index (χ4v) is 8.38. The van der Waals surface area contributed by atoms with E-state index in [1.807, 2.05) is 13.8 Å². The summed E-state index contributed by atoms with van der Waals surface area (Å²) in [6.45, 7) is 6.03. The van der Waals surface area contributed by atoms with Crippen molar-refractivity contribution in [1.29, 1.82) is 0 Å². The maximum atomic E-state index is 13.3. The smallest absolute Gasteiger partial charge is 0.310 e. The number of ether oxygens (including phenoxy) is 1.